The van der Waals surface area contributed by atoms with Gasteiger partial charge in [0.2, 0.25) is 6.23 Å². The molecule has 0 heterocycles. The first-order chi connectivity index (χ1) is 10.4. The van der Waals surface area contributed by atoms with Crippen LogP contribution in [0.15, 0.2) is 30.3 Å². The molecule has 0 spiro atoms. The minimum absolute atomic E-state index is 0.0708. The summed E-state index contributed by atoms with van der Waals surface area (Å²) in [7, 11) is 0. The lowest BCUT2D eigenvalue weighted by Crippen LogP contribution is -2.46. The molecule has 0 fully saturated rings. The Balaban J connectivity index is 2.54. The second kappa shape index (κ2) is 8.66. The molecular formula is C15H19NO6. The van der Waals surface area contributed by atoms with Gasteiger partial charge in [-0.25, -0.2) is 4.79 Å². The molecule has 0 radical (unpaired) electrons. The predicted molar refractivity (Wildman–Crippen MR) is 76.5 cm³/mol. The normalized spacial score (nSPS) is 12.7. The minimum Gasteiger partial charge on any atom is -0.457 e. The number of carbonyl (C=O) groups excluding carboxylic acids is 3. The maximum absolute atomic E-state index is 11.7. The number of esters is 2. The van der Waals surface area contributed by atoms with Gasteiger partial charge in [-0.15, -0.1) is 0 Å². The first-order valence-electron chi connectivity index (χ1n) is 6.70. The van der Waals surface area contributed by atoms with E-state index in [4.69, 9.17) is 14.2 Å². The molecule has 0 saturated heterocycles. The highest BCUT2D eigenvalue weighted by Gasteiger charge is 2.25. The van der Waals surface area contributed by atoms with Crippen molar-refractivity contribution in [1.29, 1.82) is 0 Å². The van der Waals surface area contributed by atoms with Crippen LogP contribution in [0.5, 0.6) is 0 Å². The zero-order valence-electron chi connectivity index (χ0n) is 12.7. The minimum atomic E-state index is -1.12. The molecule has 7 heteroatoms. The summed E-state index contributed by atoms with van der Waals surface area (Å²) in [5, 5.41) is 2.34. The van der Waals surface area contributed by atoms with Crippen LogP contribution in [0.25, 0.3) is 0 Å². The Morgan fingerprint density at radius 3 is 2.18 bits per heavy atom. The number of carbonyl (C=O) groups is 3. The molecule has 120 valence electrons. The van der Waals surface area contributed by atoms with Crippen LogP contribution < -0.4 is 5.32 Å². The molecule has 0 bridgehead atoms. The summed E-state index contributed by atoms with van der Waals surface area (Å²) in [5.41, 5.74) is 0.815. The lowest BCUT2D eigenvalue weighted by atomic mass is 10.2. The first-order valence-corrected chi connectivity index (χ1v) is 6.70. The van der Waals surface area contributed by atoms with Crippen molar-refractivity contribution in [2.75, 3.05) is 0 Å². The van der Waals surface area contributed by atoms with Crippen LogP contribution in [0.1, 0.15) is 26.3 Å². The third-order valence-electron chi connectivity index (χ3n) is 2.54. The summed E-state index contributed by atoms with van der Waals surface area (Å²) in [5.74, 6) is -1.17. The quantitative estimate of drug-likeness (QED) is 0.489. The van der Waals surface area contributed by atoms with Gasteiger partial charge in [0.05, 0.1) is 0 Å². The lowest BCUT2D eigenvalue weighted by Gasteiger charge is -2.23. The molecule has 0 aromatic heterocycles. The van der Waals surface area contributed by atoms with E-state index in [0.717, 1.165) is 5.56 Å². The molecule has 0 aliphatic carbocycles. The van der Waals surface area contributed by atoms with E-state index in [-0.39, 0.29) is 6.61 Å². The van der Waals surface area contributed by atoms with E-state index in [1.165, 1.54) is 20.8 Å². The average Bonchev–Trinajstić information content (AvgIpc) is 2.44. The Labute approximate surface area is 128 Å². The van der Waals surface area contributed by atoms with E-state index >= 15 is 0 Å². The molecule has 1 rings (SSSR count). The molecule has 22 heavy (non-hydrogen) atoms. The van der Waals surface area contributed by atoms with E-state index in [2.05, 4.69) is 5.32 Å². The maximum Gasteiger partial charge on any atom is 0.410 e. The largest absolute Gasteiger partial charge is 0.457 e. The van der Waals surface area contributed by atoms with Crippen molar-refractivity contribution < 1.29 is 28.6 Å². The highest BCUT2D eigenvalue weighted by Crippen LogP contribution is 2.05. The second-order valence-electron chi connectivity index (χ2n) is 4.55. The summed E-state index contributed by atoms with van der Waals surface area (Å²) >= 11 is 0. The first kappa shape index (κ1) is 17.5. The monoisotopic (exact) mass is 309 g/mol. The molecule has 1 aromatic rings. The molecule has 1 N–H and O–H groups in total. The number of rotatable bonds is 6. The molecule has 0 aliphatic rings. The zero-order valence-corrected chi connectivity index (χ0v) is 12.7. The van der Waals surface area contributed by atoms with Gasteiger partial charge < -0.3 is 14.2 Å². The van der Waals surface area contributed by atoms with Crippen LogP contribution >= 0.6 is 0 Å². The van der Waals surface area contributed by atoms with Gasteiger partial charge in [0, 0.05) is 13.8 Å². The highest BCUT2D eigenvalue weighted by molar-refractivity contribution is 5.70. The molecule has 0 aliphatic heterocycles. The van der Waals surface area contributed by atoms with Gasteiger partial charge in [0.25, 0.3) is 0 Å². The number of hydrogen-bond donors (Lipinski definition) is 1. The standard InChI is InChI=1S/C15H19NO6/c1-10(21-11(2)17)14(22-12(3)18)16-15(19)20-9-13-7-5-4-6-8-13/h4-8,10,14H,9H2,1-3H3,(H,16,19). The molecule has 0 saturated carbocycles. The van der Waals surface area contributed by atoms with Crippen molar-refractivity contribution in [2.45, 2.75) is 39.7 Å². The topological polar surface area (TPSA) is 90.9 Å². The van der Waals surface area contributed by atoms with E-state index in [1.807, 2.05) is 18.2 Å². The van der Waals surface area contributed by atoms with Crippen LogP contribution in [-0.4, -0.2) is 30.4 Å². The van der Waals surface area contributed by atoms with Crippen molar-refractivity contribution in [2.24, 2.45) is 0 Å². The van der Waals surface area contributed by atoms with Crippen molar-refractivity contribution in [3.8, 4) is 0 Å². The zero-order chi connectivity index (χ0) is 16.5. The fourth-order valence-corrected chi connectivity index (χ4v) is 1.63. The van der Waals surface area contributed by atoms with Gasteiger partial charge in [-0.3, -0.25) is 14.9 Å². The number of alkyl carbamates (subject to hydrolysis) is 1. The fraction of sp³-hybridized carbons (Fsp3) is 0.400. The molecule has 7 nitrogen and oxygen atoms in total. The van der Waals surface area contributed by atoms with E-state index in [1.54, 1.807) is 12.1 Å². The number of benzene rings is 1. The van der Waals surface area contributed by atoms with Crippen LogP contribution in [0.2, 0.25) is 0 Å². The number of amides is 1. The van der Waals surface area contributed by atoms with Gasteiger partial charge in [0.1, 0.15) is 6.61 Å². The summed E-state index contributed by atoms with van der Waals surface area (Å²) in [6.07, 6.45) is -2.75. The van der Waals surface area contributed by atoms with Crippen molar-refractivity contribution in [3.05, 3.63) is 35.9 Å². The average molecular weight is 309 g/mol. The summed E-state index contributed by atoms with van der Waals surface area (Å²) in [4.78, 5) is 33.7. The Hall–Kier alpha value is -2.57. The van der Waals surface area contributed by atoms with Crippen LogP contribution in [0.4, 0.5) is 4.79 Å². The Bertz CT molecular complexity index is 516. The predicted octanol–water partition coefficient (Wildman–Crippen LogP) is 1.75. The van der Waals surface area contributed by atoms with Gasteiger partial charge in [-0.05, 0) is 12.5 Å². The number of hydrogen-bond acceptors (Lipinski definition) is 6. The Kier molecular flexibility index (Phi) is 6.88. The van der Waals surface area contributed by atoms with Crippen molar-refractivity contribution >= 4 is 18.0 Å². The SMILES string of the molecule is CC(=O)OC(C)C(NC(=O)OCc1ccccc1)OC(C)=O. The van der Waals surface area contributed by atoms with Crippen LogP contribution in [0, 0.1) is 0 Å². The molecule has 2 unspecified atom stereocenters. The Morgan fingerprint density at radius 2 is 1.64 bits per heavy atom. The van der Waals surface area contributed by atoms with E-state index < -0.39 is 30.4 Å². The maximum atomic E-state index is 11.7. The number of ether oxygens (including phenoxy) is 3. The van der Waals surface area contributed by atoms with Crippen molar-refractivity contribution in [3.63, 3.8) is 0 Å². The summed E-state index contributed by atoms with van der Waals surface area (Å²) in [6, 6.07) is 9.10. The highest BCUT2D eigenvalue weighted by atomic mass is 16.6. The van der Waals surface area contributed by atoms with Crippen molar-refractivity contribution in [1.82, 2.24) is 5.32 Å². The fourth-order valence-electron chi connectivity index (χ4n) is 1.63. The summed E-state index contributed by atoms with van der Waals surface area (Å²) in [6.45, 7) is 3.97. The smallest absolute Gasteiger partial charge is 0.410 e. The lowest BCUT2D eigenvalue weighted by molar-refractivity contribution is -0.165. The third kappa shape index (κ3) is 6.74. The van der Waals surface area contributed by atoms with Gasteiger partial charge in [-0.1, -0.05) is 30.3 Å². The number of nitrogens with one attached hydrogen (secondary N) is 1. The molecule has 1 aromatic carbocycles. The Morgan fingerprint density at radius 1 is 1.05 bits per heavy atom. The van der Waals surface area contributed by atoms with E-state index in [9.17, 15) is 14.4 Å². The van der Waals surface area contributed by atoms with Crippen LogP contribution in [0.3, 0.4) is 0 Å². The molecular weight excluding hydrogens is 290 g/mol. The van der Waals surface area contributed by atoms with Crippen LogP contribution in [-0.2, 0) is 30.4 Å². The second-order valence-corrected chi connectivity index (χ2v) is 4.55. The third-order valence-corrected chi connectivity index (χ3v) is 2.54. The van der Waals surface area contributed by atoms with Gasteiger partial charge in [-0.2, -0.15) is 0 Å². The van der Waals surface area contributed by atoms with E-state index in [0.29, 0.717) is 0 Å². The molecule has 2 atom stereocenters. The van der Waals surface area contributed by atoms with Gasteiger partial charge >= 0.3 is 18.0 Å². The summed E-state index contributed by atoms with van der Waals surface area (Å²) < 4.78 is 14.8. The van der Waals surface area contributed by atoms with Gasteiger partial charge in [0.15, 0.2) is 6.10 Å². The molecule has 1 amide bonds.